The molecule has 1 aliphatic rings. The smallest absolute Gasteiger partial charge is 0.328 e. The molecular formula is C18H28O3. The van der Waals surface area contributed by atoms with E-state index in [0.29, 0.717) is 12.2 Å². The van der Waals surface area contributed by atoms with Crippen LogP contribution < -0.4 is 0 Å². The monoisotopic (exact) mass is 292 g/mol. The van der Waals surface area contributed by atoms with Crippen LogP contribution in [0.25, 0.3) is 0 Å². The van der Waals surface area contributed by atoms with Crippen LogP contribution in [0, 0.1) is 0 Å². The van der Waals surface area contributed by atoms with Gasteiger partial charge in [-0.3, -0.25) is 0 Å². The third kappa shape index (κ3) is 10.1. The zero-order chi connectivity index (χ0) is 15.3. The van der Waals surface area contributed by atoms with E-state index in [4.69, 9.17) is 9.84 Å². The van der Waals surface area contributed by atoms with E-state index in [-0.39, 0.29) is 0 Å². The number of ether oxygens (including phenoxy) is 1. The van der Waals surface area contributed by atoms with Crippen LogP contribution in [0.15, 0.2) is 36.5 Å². The van der Waals surface area contributed by atoms with Crippen molar-refractivity contribution in [2.45, 2.75) is 70.5 Å². The Morgan fingerprint density at radius 3 is 2.48 bits per heavy atom. The Kier molecular flexibility index (Phi) is 9.55. The van der Waals surface area contributed by atoms with Crippen LogP contribution in [-0.2, 0) is 9.53 Å². The summed E-state index contributed by atoms with van der Waals surface area (Å²) in [6.45, 7) is 2.24. The van der Waals surface area contributed by atoms with Crippen molar-refractivity contribution in [3.63, 3.8) is 0 Å². The number of carboxylic acids is 1. The first kappa shape index (κ1) is 17.7. The minimum Gasteiger partial charge on any atom is -0.478 e. The maximum atomic E-state index is 10.2. The van der Waals surface area contributed by atoms with Crippen molar-refractivity contribution in [1.29, 1.82) is 0 Å². The predicted octanol–water partition coefficient (Wildman–Crippen LogP) is 4.65. The van der Waals surface area contributed by atoms with Crippen molar-refractivity contribution in [2.75, 3.05) is 0 Å². The van der Waals surface area contributed by atoms with Crippen LogP contribution in [0.2, 0.25) is 0 Å². The standard InChI is InChI=1S/C18H28O3/c1-2-3-4-7-10-13-16-17(21-16)14-11-8-5-6-9-12-15-18(19)20/h5-6,8-9,12,15-17H,2-4,7,10-11,13-14H2,1H3,(H,19,20). The molecule has 3 nitrogen and oxygen atoms in total. The molecule has 1 N–H and O–H groups in total. The summed E-state index contributed by atoms with van der Waals surface area (Å²) >= 11 is 0. The lowest BCUT2D eigenvalue weighted by atomic mass is 10.1. The highest BCUT2D eigenvalue weighted by Crippen LogP contribution is 2.31. The Bertz CT molecular complexity index is 369. The molecule has 0 aromatic carbocycles. The second kappa shape index (κ2) is 11.3. The average Bonchev–Trinajstić information content (AvgIpc) is 3.20. The molecule has 0 radical (unpaired) electrons. The summed E-state index contributed by atoms with van der Waals surface area (Å²) in [5.74, 6) is -0.921. The van der Waals surface area contributed by atoms with Gasteiger partial charge in [0.25, 0.3) is 0 Å². The van der Waals surface area contributed by atoms with E-state index < -0.39 is 5.97 Å². The number of rotatable bonds is 12. The molecule has 3 heteroatoms. The molecule has 21 heavy (non-hydrogen) atoms. The topological polar surface area (TPSA) is 49.8 Å². The van der Waals surface area contributed by atoms with Crippen molar-refractivity contribution < 1.29 is 14.6 Å². The number of aliphatic carboxylic acids is 1. The number of carboxylic acid groups (broad SMARTS) is 1. The second-order valence-corrected chi connectivity index (χ2v) is 5.50. The molecule has 1 aliphatic heterocycles. The van der Waals surface area contributed by atoms with E-state index in [9.17, 15) is 4.79 Å². The summed E-state index contributed by atoms with van der Waals surface area (Å²) in [6, 6.07) is 0. The Hall–Kier alpha value is -1.35. The van der Waals surface area contributed by atoms with Crippen molar-refractivity contribution in [3.05, 3.63) is 36.5 Å². The predicted molar refractivity (Wildman–Crippen MR) is 86.3 cm³/mol. The van der Waals surface area contributed by atoms with Gasteiger partial charge < -0.3 is 9.84 Å². The van der Waals surface area contributed by atoms with Crippen molar-refractivity contribution in [1.82, 2.24) is 0 Å². The molecule has 1 fully saturated rings. The quantitative estimate of drug-likeness (QED) is 0.246. The molecule has 0 aromatic heterocycles. The first-order valence-corrected chi connectivity index (χ1v) is 8.12. The number of carbonyl (C=O) groups is 1. The van der Waals surface area contributed by atoms with Crippen LogP contribution in [0.3, 0.4) is 0 Å². The zero-order valence-corrected chi connectivity index (χ0v) is 13.0. The lowest BCUT2D eigenvalue weighted by Crippen LogP contribution is -1.93. The molecule has 118 valence electrons. The summed E-state index contributed by atoms with van der Waals surface area (Å²) in [7, 11) is 0. The fraction of sp³-hybridized carbons (Fsp3) is 0.611. The molecule has 0 aliphatic carbocycles. The fourth-order valence-corrected chi connectivity index (χ4v) is 2.34. The van der Waals surface area contributed by atoms with Crippen molar-refractivity contribution in [3.8, 4) is 0 Å². The fourth-order valence-electron chi connectivity index (χ4n) is 2.34. The molecule has 1 heterocycles. The molecular weight excluding hydrogens is 264 g/mol. The number of hydrogen-bond donors (Lipinski definition) is 1. The Labute approximate surface area is 128 Å². The minimum atomic E-state index is -0.921. The van der Waals surface area contributed by atoms with E-state index in [1.54, 1.807) is 6.08 Å². The first-order chi connectivity index (χ1) is 10.2. The summed E-state index contributed by atoms with van der Waals surface area (Å²) in [4.78, 5) is 10.2. The largest absolute Gasteiger partial charge is 0.478 e. The third-order valence-electron chi connectivity index (χ3n) is 3.61. The molecule has 2 unspecified atom stereocenters. The van der Waals surface area contributed by atoms with Crippen LogP contribution in [0.4, 0.5) is 0 Å². The van der Waals surface area contributed by atoms with Crippen LogP contribution in [-0.4, -0.2) is 23.3 Å². The molecule has 2 atom stereocenters. The Morgan fingerprint density at radius 1 is 1.00 bits per heavy atom. The van der Waals surface area contributed by atoms with Crippen LogP contribution >= 0.6 is 0 Å². The highest BCUT2D eigenvalue weighted by atomic mass is 16.6. The number of allylic oxidation sites excluding steroid dienone is 5. The van der Waals surface area contributed by atoms with Crippen molar-refractivity contribution in [2.24, 2.45) is 0 Å². The van der Waals surface area contributed by atoms with E-state index in [0.717, 1.165) is 18.9 Å². The molecule has 0 spiro atoms. The van der Waals surface area contributed by atoms with Gasteiger partial charge in [0.05, 0.1) is 12.2 Å². The van der Waals surface area contributed by atoms with Gasteiger partial charge in [0.2, 0.25) is 0 Å². The number of unbranched alkanes of at least 4 members (excludes halogenated alkanes) is 4. The summed E-state index contributed by atoms with van der Waals surface area (Å²) in [6.07, 6.45) is 21.2. The molecule has 0 saturated carbocycles. The summed E-state index contributed by atoms with van der Waals surface area (Å²) < 4.78 is 5.67. The van der Waals surface area contributed by atoms with Gasteiger partial charge in [0, 0.05) is 6.08 Å². The second-order valence-electron chi connectivity index (χ2n) is 5.50. The van der Waals surface area contributed by atoms with Gasteiger partial charge in [-0.2, -0.15) is 0 Å². The van der Waals surface area contributed by atoms with E-state index in [1.807, 2.05) is 12.2 Å². The van der Waals surface area contributed by atoms with Gasteiger partial charge in [-0.1, -0.05) is 69.4 Å². The van der Waals surface area contributed by atoms with Gasteiger partial charge in [-0.15, -0.1) is 0 Å². The normalized spacial score (nSPS) is 21.8. The van der Waals surface area contributed by atoms with Gasteiger partial charge >= 0.3 is 5.97 Å². The maximum Gasteiger partial charge on any atom is 0.328 e. The first-order valence-electron chi connectivity index (χ1n) is 8.12. The van der Waals surface area contributed by atoms with Crippen LogP contribution in [0.5, 0.6) is 0 Å². The number of epoxide rings is 1. The third-order valence-corrected chi connectivity index (χ3v) is 3.61. The lowest BCUT2D eigenvalue weighted by Gasteiger charge is -1.97. The lowest BCUT2D eigenvalue weighted by molar-refractivity contribution is -0.131. The van der Waals surface area contributed by atoms with E-state index in [1.165, 1.54) is 44.6 Å². The van der Waals surface area contributed by atoms with Gasteiger partial charge in [-0.25, -0.2) is 4.79 Å². The van der Waals surface area contributed by atoms with Gasteiger partial charge in [0.1, 0.15) is 0 Å². The number of hydrogen-bond acceptors (Lipinski definition) is 2. The average molecular weight is 292 g/mol. The molecule has 0 bridgehead atoms. The summed E-state index contributed by atoms with van der Waals surface area (Å²) in [5, 5.41) is 8.40. The SMILES string of the molecule is CCCCCCCC1OC1CCC=CC=CC=CC(=O)O. The summed E-state index contributed by atoms with van der Waals surface area (Å²) in [5.41, 5.74) is 0. The van der Waals surface area contributed by atoms with Crippen LogP contribution in [0.1, 0.15) is 58.3 Å². The minimum absolute atomic E-state index is 0.469. The van der Waals surface area contributed by atoms with Gasteiger partial charge in [-0.05, 0) is 19.3 Å². The Morgan fingerprint density at radius 2 is 1.71 bits per heavy atom. The maximum absolute atomic E-state index is 10.2. The highest BCUT2D eigenvalue weighted by Gasteiger charge is 2.36. The molecule has 0 amide bonds. The Balaban J connectivity index is 1.94. The van der Waals surface area contributed by atoms with Gasteiger partial charge in [0.15, 0.2) is 0 Å². The van der Waals surface area contributed by atoms with E-state index >= 15 is 0 Å². The molecule has 1 saturated heterocycles. The molecule has 0 aromatic rings. The van der Waals surface area contributed by atoms with E-state index in [2.05, 4.69) is 13.0 Å². The highest BCUT2D eigenvalue weighted by molar-refractivity contribution is 5.80. The molecule has 1 rings (SSSR count). The van der Waals surface area contributed by atoms with Crippen molar-refractivity contribution >= 4 is 5.97 Å². The zero-order valence-electron chi connectivity index (χ0n) is 13.0.